The maximum atomic E-state index is 11.7. The van der Waals surface area contributed by atoms with Crippen molar-refractivity contribution in [3.05, 3.63) is 0 Å². The van der Waals surface area contributed by atoms with Crippen LogP contribution in [0, 0.1) is 0 Å². The lowest BCUT2D eigenvalue weighted by Crippen LogP contribution is -2.43. The van der Waals surface area contributed by atoms with Gasteiger partial charge in [0.15, 0.2) is 0 Å². The molecule has 1 saturated heterocycles. The number of aliphatic hydroxyl groups excluding tert-OH is 1. The summed E-state index contributed by atoms with van der Waals surface area (Å²) in [6.07, 6.45) is 5.09. The van der Waals surface area contributed by atoms with Crippen molar-refractivity contribution in [1.29, 1.82) is 0 Å². The third-order valence-electron chi connectivity index (χ3n) is 3.13. The molecule has 80 valence electrons. The van der Waals surface area contributed by atoms with E-state index < -0.39 is 0 Å². The van der Waals surface area contributed by atoms with Gasteiger partial charge in [0.25, 0.3) is 0 Å². The minimum absolute atomic E-state index is 0.00782. The second kappa shape index (κ2) is 4.17. The van der Waals surface area contributed by atoms with Gasteiger partial charge >= 0.3 is 6.03 Å². The molecular weight excluding hydrogens is 180 g/mol. The van der Waals surface area contributed by atoms with Gasteiger partial charge < -0.3 is 15.3 Å². The monoisotopic (exact) mass is 198 g/mol. The minimum Gasteiger partial charge on any atom is -0.391 e. The third kappa shape index (κ3) is 2.18. The highest BCUT2D eigenvalue weighted by molar-refractivity contribution is 5.74. The Kier molecular flexibility index (Phi) is 2.91. The molecule has 1 aliphatic heterocycles. The number of rotatable bonds is 1. The Morgan fingerprint density at radius 1 is 1.29 bits per heavy atom. The Labute approximate surface area is 84.3 Å². The zero-order valence-electron chi connectivity index (χ0n) is 8.41. The first kappa shape index (κ1) is 9.77. The molecule has 1 saturated carbocycles. The summed E-state index contributed by atoms with van der Waals surface area (Å²) in [5, 5.41) is 12.3. The van der Waals surface area contributed by atoms with Gasteiger partial charge in [-0.1, -0.05) is 12.8 Å². The van der Waals surface area contributed by atoms with Gasteiger partial charge in [0.05, 0.1) is 6.10 Å². The summed E-state index contributed by atoms with van der Waals surface area (Å²) >= 11 is 0. The average Bonchev–Trinajstić information content (AvgIpc) is 2.75. The molecule has 2 fully saturated rings. The molecule has 1 aliphatic carbocycles. The SMILES string of the molecule is O=C(NC1CCCC1)N1CCC(O)C1. The zero-order valence-corrected chi connectivity index (χ0v) is 8.41. The molecule has 0 bridgehead atoms. The predicted molar refractivity (Wildman–Crippen MR) is 53.0 cm³/mol. The van der Waals surface area contributed by atoms with Gasteiger partial charge in [-0.25, -0.2) is 4.79 Å². The standard InChI is InChI=1S/C10H18N2O2/c13-9-5-6-12(7-9)10(14)11-8-3-1-2-4-8/h8-9,13H,1-7H2,(H,11,14). The molecule has 0 spiro atoms. The number of likely N-dealkylation sites (tertiary alicyclic amines) is 1. The molecule has 0 radical (unpaired) electrons. The fourth-order valence-electron chi connectivity index (χ4n) is 2.26. The van der Waals surface area contributed by atoms with Gasteiger partial charge in [-0.05, 0) is 19.3 Å². The van der Waals surface area contributed by atoms with E-state index in [9.17, 15) is 9.90 Å². The number of β-amino-alcohol motifs (C(OH)–C–C–N with tert-alkyl or cyclic N) is 1. The summed E-state index contributed by atoms with van der Waals surface area (Å²) < 4.78 is 0. The van der Waals surface area contributed by atoms with Gasteiger partial charge in [0, 0.05) is 19.1 Å². The maximum absolute atomic E-state index is 11.7. The molecule has 14 heavy (non-hydrogen) atoms. The van der Waals surface area contributed by atoms with Crippen LogP contribution in [0.3, 0.4) is 0 Å². The van der Waals surface area contributed by atoms with Crippen molar-refractivity contribution in [3.8, 4) is 0 Å². The van der Waals surface area contributed by atoms with Crippen LogP contribution in [0.1, 0.15) is 32.1 Å². The van der Waals surface area contributed by atoms with E-state index in [-0.39, 0.29) is 12.1 Å². The first-order valence-corrected chi connectivity index (χ1v) is 5.49. The number of hydrogen-bond donors (Lipinski definition) is 2. The van der Waals surface area contributed by atoms with Crippen LogP contribution < -0.4 is 5.32 Å². The second-order valence-corrected chi connectivity index (χ2v) is 4.32. The Morgan fingerprint density at radius 2 is 2.00 bits per heavy atom. The Balaban J connectivity index is 1.77. The molecule has 0 aromatic carbocycles. The summed E-state index contributed by atoms with van der Waals surface area (Å²) in [4.78, 5) is 13.4. The number of hydrogen-bond acceptors (Lipinski definition) is 2. The lowest BCUT2D eigenvalue weighted by molar-refractivity contribution is 0.170. The van der Waals surface area contributed by atoms with E-state index in [1.54, 1.807) is 4.90 Å². The number of aliphatic hydroxyl groups is 1. The molecule has 2 amide bonds. The summed E-state index contributed by atoms with van der Waals surface area (Å²) in [6.45, 7) is 1.19. The number of carbonyl (C=O) groups excluding carboxylic acids is 1. The fourth-order valence-corrected chi connectivity index (χ4v) is 2.26. The summed E-state index contributed by atoms with van der Waals surface area (Å²) in [6, 6.07) is 0.383. The Hall–Kier alpha value is -0.770. The molecule has 4 heteroatoms. The van der Waals surface area contributed by atoms with E-state index in [0.29, 0.717) is 19.1 Å². The first-order chi connectivity index (χ1) is 6.75. The van der Waals surface area contributed by atoms with Gasteiger partial charge in [-0.15, -0.1) is 0 Å². The molecule has 4 nitrogen and oxygen atoms in total. The van der Waals surface area contributed by atoms with E-state index in [2.05, 4.69) is 5.32 Å². The van der Waals surface area contributed by atoms with Crippen molar-refractivity contribution in [1.82, 2.24) is 10.2 Å². The van der Waals surface area contributed by atoms with Crippen molar-refractivity contribution in [2.24, 2.45) is 0 Å². The molecular formula is C10H18N2O2. The Bertz CT molecular complexity index is 214. The van der Waals surface area contributed by atoms with Gasteiger partial charge in [0.1, 0.15) is 0 Å². The largest absolute Gasteiger partial charge is 0.391 e. The molecule has 0 aromatic heterocycles. The van der Waals surface area contributed by atoms with Crippen molar-refractivity contribution in [2.75, 3.05) is 13.1 Å². The number of urea groups is 1. The number of nitrogens with zero attached hydrogens (tertiary/aromatic N) is 1. The number of amides is 2. The van der Waals surface area contributed by atoms with Crippen LogP contribution in [-0.2, 0) is 0 Å². The van der Waals surface area contributed by atoms with E-state index in [4.69, 9.17) is 0 Å². The predicted octanol–water partition coefficient (Wildman–Crippen LogP) is 0.705. The smallest absolute Gasteiger partial charge is 0.317 e. The number of carbonyl (C=O) groups is 1. The van der Waals surface area contributed by atoms with E-state index in [1.807, 2.05) is 0 Å². The zero-order chi connectivity index (χ0) is 9.97. The van der Waals surface area contributed by atoms with Crippen LogP contribution >= 0.6 is 0 Å². The highest BCUT2D eigenvalue weighted by Gasteiger charge is 2.26. The van der Waals surface area contributed by atoms with E-state index in [0.717, 1.165) is 19.3 Å². The molecule has 2 aliphatic rings. The average molecular weight is 198 g/mol. The summed E-state index contributed by atoms with van der Waals surface area (Å²) in [7, 11) is 0. The molecule has 2 rings (SSSR count). The van der Waals surface area contributed by atoms with Crippen LogP contribution in [-0.4, -0.2) is 41.3 Å². The summed E-state index contributed by atoms with van der Waals surface area (Å²) in [5.41, 5.74) is 0. The fraction of sp³-hybridized carbons (Fsp3) is 0.900. The minimum atomic E-state index is -0.315. The molecule has 0 aromatic rings. The lowest BCUT2D eigenvalue weighted by atomic mass is 10.2. The van der Waals surface area contributed by atoms with Gasteiger partial charge in [0.2, 0.25) is 0 Å². The van der Waals surface area contributed by atoms with Crippen molar-refractivity contribution >= 4 is 6.03 Å². The van der Waals surface area contributed by atoms with Crippen LogP contribution in [0.15, 0.2) is 0 Å². The van der Waals surface area contributed by atoms with Crippen molar-refractivity contribution in [3.63, 3.8) is 0 Å². The molecule has 1 unspecified atom stereocenters. The highest BCUT2D eigenvalue weighted by atomic mass is 16.3. The van der Waals surface area contributed by atoms with Crippen LogP contribution in [0.25, 0.3) is 0 Å². The summed E-state index contributed by atoms with van der Waals surface area (Å²) in [5.74, 6) is 0. The van der Waals surface area contributed by atoms with Gasteiger partial charge in [-0.3, -0.25) is 0 Å². The molecule has 1 atom stereocenters. The van der Waals surface area contributed by atoms with Crippen molar-refractivity contribution < 1.29 is 9.90 Å². The first-order valence-electron chi connectivity index (χ1n) is 5.49. The topological polar surface area (TPSA) is 52.6 Å². The van der Waals surface area contributed by atoms with Crippen LogP contribution in [0.5, 0.6) is 0 Å². The quantitative estimate of drug-likeness (QED) is 0.652. The van der Waals surface area contributed by atoms with E-state index >= 15 is 0 Å². The number of nitrogens with one attached hydrogen (secondary N) is 1. The van der Waals surface area contributed by atoms with Gasteiger partial charge in [-0.2, -0.15) is 0 Å². The highest BCUT2D eigenvalue weighted by Crippen LogP contribution is 2.18. The van der Waals surface area contributed by atoms with Crippen LogP contribution in [0.4, 0.5) is 4.79 Å². The lowest BCUT2D eigenvalue weighted by Gasteiger charge is -2.19. The molecule has 2 N–H and O–H groups in total. The maximum Gasteiger partial charge on any atom is 0.317 e. The molecule has 1 heterocycles. The van der Waals surface area contributed by atoms with Crippen LogP contribution in [0.2, 0.25) is 0 Å². The normalized spacial score (nSPS) is 28.4. The Morgan fingerprint density at radius 3 is 2.57 bits per heavy atom. The van der Waals surface area contributed by atoms with Crippen molar-refractivity contribution in [2.45, 2.75) is 44.2 Å². The third-order valence-corrected chi connectivity index (χ3v) is 3.13. The second-order valence-electron chi connectivity index (χ2n) is 4.32. The van der Waals surface area contributed by atoms with E-state index in [1.165, 1.54) is 12.8 Å².